The molecule has 2 aliphatic rings. The predicted octanol–water partition coefficient (Wildman–Crippen LogP) is 2.24. The van der Waals surface area contributed by atoms with Gasteiger partial charge in [-0.25, -0.2) is 0 Å². The standard InChI is InChI=1S/C19H31N3O4/c1-15-17(14-24-2)18(20-26-15)19(23)22(16-6-12-25-13-7-16)11-5-10-21-8-3-4-9-21/h16H,3-14H2,1-2H3. The largest absolute Gasteiger partial charge is 0.381 e. The number of likely N-dealkylation sites (tertiary alicyclic amines) is 1. The number of hydrogen-bond donors (Lipinski definition) is 0. The van der Waals surface area contributed by atoms with Gasteiger partial charge in [-0.15, -0.1) is 0 Å². The number of aryl methyl sites for hydroxylation is 1. The van der Waals surface area contributed by atoms with E-state index in [-0.39, 0.29) is 11.9 Å². The maximum atomic E-state index is 13.3. The molecule has 26 heavy (non-hydrogen) atoms. The Labute approximate surface area is 155 Å². The van der Waals surface area contributed by atoms with Crippen LogP contribution < -0.4 is 0 Å². The zero-order chi connectivity index (χ0) is 18.4. The summed E-state index contributed by atoms with van der Waals surface area (Å²) in [4.78, 5) is 17.8. The maximum absolute atomic E-state index is 13.3. The number of carbonyl (C=O) groups excluding carboxylic acids is 1. The summed E-state index contributed by atoms with van der Waals surface area (Å²) in [6.07, 6.45) is 5.33. The summed E-state index contributed by atoms with van der Waals surface area (Å²) in [6.45, 7) is 7.76. The molecule has 0 aromatic carbocycles. The van der Waals surface area contributed by atoms with Crippen molar-refractivity contribution in [3.05, 3.63) is 17.0 Å². The average Bonchev–Trinajstić information content (AvgIpc) is 3.30. The maximum Gasteiger partial charge on any atom is 0.276 e. The monoisotopic (exact) mass is 365 g/mol. The van der Waals surface area contributed by atoms with E-state index in [1.54, 1.807) is 7.11 Å². The van der Waals surface area contributed by atoms with Crippen molar-refractivity contribution < 1.29 is 18.8 Å². The summed E-state index contributed by atoms with van der Waals surface area (Å²) >= 11 is 0. The van der Waals surface area contributed by atoms with Crippen molar-refractivity contribution >= 4 is 5.91 Å². The molecule has 1 amide bonds. The van der Waals surface area contributed by atoms with E-state index in [2.05, 4.69) is 10.1 Å². The molecule has 0 radical (unpaired) electrons. The second-order valence-corrected chi connectivity index (χ2v) is 7.24. The van der Waals surface area contributed by atoms with Crippen LogP contribution >= 0.6 is 0 Å². The molecule has 0 N–H and O–H groups in total. The van der Waals surface area contributed by atoms with Gasteiger partial charge < -0.3 is 23.8 Å². The fraction of sp³-hybridized carbons (Fsp3) is 0.789. The van der Waals surface area contributed by atoms with Gasteiger partial charge in [0.05, 0.1) is 12.2 Å². The van der Waals surface area contributed by atoms with Crippen molar-refractivity contribution in [1.29, 1.82) is 0 Å². The fourth-order valence-electron chi connectivity index (χ4n) is 3.93. The van der Waals surface area contributed by atoms with E-state index in [0.29, 0.717) is 31.3 Å². The number of carbonyl (C=O) groups is 1. The average molecular weight is 365 g/mol. The molecule has 1 aromatic rings. The van der Waals surface area contributed by atoms with Gasteiger partial charge in [-0.1, -0.05) is 5.16 Å². The van der Waals surface area contributed by atoms with E-state index in [0.717, 1.165) is 37.9 Å². The predicted molar refractivity (Wildman–Crippen MR) is 97.1 cm³/mol. The second kappa shape index (κ2) is 9.48. The minimum Gasteiger partial charge on any atom is -0.381 e. The lowest BCUT2D eigenvalue weighted by molar-refractivity contribution is 0.0274. The van der Waals surface area contributed by atoms with E-state index >= 15 is 0 Å². The second-order valence-electron chi connectivity index (χ2n) is 7.24. The molecule has 0 unspecified atom stereocenters. The molecule has 0 atom stereocenters. The van der Waals surface area contributed by atoms with Gasteiger partial charge >= 0.3 is 0 Å². The number of ether oxygens (including phenoxy) is 2. The Balaban J connectivity index is 1.69. The quantitative estimate of drug-likeness (QED) is 0.704. The molecule has 0 saturated carbocycles. The van der Waals surface area contributed by atoms with Gasteiger partial charge in [-0.2, -0.15) is 0 Å². The lowest BCUT2D eigenvalue weighted by atomic mass is 10.0. The molecule has 0 aliphatic carbocycles. The molecule has 3 rings (SSSR count). The fourth-order valence-corrected chi connectivity index (χ4v) is 3.93. The van der Waals surface area contributed by atoms with Crippen molar-refractivity contribution in [2.45, 2.75) is 51.7 Å². The molecular formula is C19H31N3O4. The van der Waals surface area contributed by atoms with Gasteiger partial charge in [-0.3, -0.25) is 4.79 Å². The number of rotatable bonds is 8. The third-order valence-corrected chi connectivity index (χ3v) is 5.44. The summed E-state index contributed by atoms with van der Waals surface area (Å²) < 4.78 is 16.0. The van der Waals surface area contributed by atoms with Crippen LogP contribution in [0.1, 0.15) is 53.9 Å². The first-order valence-corrected chi connectivity index (χ1v) is 9.76. The highest BCUT2D eigenvalue weighted by Crippen LogP contribution is 2.22. The summed E-state index contributed by atoms with van der Waals surface area (Å²) in [5.74, 6) is 0.612. The third-order valence-electron chi connectivity index (χ3n) is 5.44. The highest BCUT2D eigenvalue weighted by Gasteiger charge is 2.30. The lowest BCUT2D eigenvalue weighted by Crippen LogP contribution is -2.45. The van der Waals surface area contributed by atoms with Crippen LogP contribution in [0.5, 0.6) is 0 Å². The van der Waals surface area contributed by atoms with Crippen molar-refractivity contribution in [2.24, 2.45) is 0 Å². The smallest absolute Gasteiger partial charge is 0.276 e. The number of nitrogens with zero attached hydrogens (tertiary/aromatic N) is 3. The first-order valence-electron chi connectivity index (χ1n) is 9.76. The zero-order valence-corrected chi connectivity index (χ0v) is 16.0. The molecule has 2 aliphatic heterocycles. The van der Waals surface area contributed by atoms with Crippen LogP contribution in [0.15, 0.2) is 4.52 Å². The van der Waals surface area contributed by atoms with Crippen LogP contribution in [0.25, 0.3) is 0 Å². The zero-order valence-electron chi connectivity index (χ0n) is 16.0. The Bertz CT molecular complexity index is 577. The summed E-state index contributed by atoms with van der Waals surface area (Å²) in [5.41, 5.74) is 1.16. The summed E-state index contributed by atoms with van der Waals surface area (Å²) in [7, 11) is 1.62. The van der Waals surface area contributed by atoms with E-state index in [1.165, 1.54) is 25.9 Å². The Morgan fingerprint density at radius 2 is 2.04 bits per heavy atom. The normalized spacial score (nSPS) is 19.2. The topological polar surface area (TPSA) is 68.0 Å². The lowest BCUT2D eigenvalue weighted by Gasteiger charge is -2.34. The minimum absolute atomic E-state index is 0.0396. The van der Waals surface area contributed by atoms with Gasteiger partial charge in [0, 0.05) is 32.9 Å². The van der Waals surface area contributed by atoms with Gasteiger partial charge in [0.15, 0.2) is 5.69 Å². The Morgan fingerprint density at radius 1 is 1.31 bits per heavy atom. The molecule has 7 heteroatoms. The number of aromatic nitrogens is 1. The van der Waals surface area contributed by atoms with Crippen LogP contribution in [-0.4, -0.2) is 73.4 Å². The van der Waals surface area contributed by atoms with E-state index in [4.69, 9.17) is 14.0 Å². The van der Waals surface area contributed by atoms with Gasteiger partial charge in [-0.05, 0) is 58.7 Å². The summed E-state index contributed by atoms with van der Waals surface area (Å²) in [6, 6.07) is 0.210. The van der Waals surface area contributed by atoms with Gasteiger partial charge in [0.2, 0.25) is 0 Å². The molecule has 1 aromatic heterocycles. The van der Waals surface area contributed by atoms with Crippen LogP contribution in [0, 0.1) is 6.92 Å². The molecule has 3 heterocycles. The van der Waals surface area contributed by atoms with Crippen LogP contribution in [0.3, 0.4) is 0 Å². The van der Waals surface area contributed by atoms with E-state index in [1.807, 2.05) is 11.8 Å². The van der Waals surface area contributed by atoms with E-state index in [9.17, 15) is 4.79 Å². The van der Waals surface area contributed by atoms with Gasteiger partial charge in [0.1, 0.15) is 5.76 Å². The molecule has 0 bridgehead atoms. The Kier molecular flexibility index (Phi) is 7.05. The molecule has 0 spiro atoms. The summed E-state index contributed by atoms with van der Waals surface area (Å²) in [5, 5.41) is 4.05. The van der Waals surface area contributed by atoms with Crippen molar-refractivity contribution in [1.82, 2.24) is 15.0 Å². The molecule has 2 fully saturated rings. The molecule has 7 nitrogen and oxygen atoms in total. The van der Waals surface area contributed by atoms with Crippen molar-refractivity contribution in [2.75, 3.05) is 46.5 Å². The highest BCUT2D eigenvalue weighted by molar-refractivity contribution is 5.94. The number of methoxy groups -OCH3 is 1. The van der Waals surface area contributed by atoms with Crippen LogP contribution in [0.2, 0.25) is 0 Å². The van der Waals surface area contributed by atoms with Crippen molar-refractivity contribution in [3.63, 3.8) is 0 Å². The molecule has 146 valence electrons. The number of hydrogen-bond acceptors (Lipinski definition) is 6. The van der Waals surface area contributed by atoms with Crippen LogP contribution in [0.4, 0.5) is 0 Å². The third kappa shape index (κ3) is 4.64. The first-order chi connectivity index (χ1) is 12.7. The molecule has 2 saturated heterocycles. The minimum atomic E-state index is -0.0396. The SMILES string of the molecule is COCc1c(C(=O)N(CCCN2CCCC2)C2CCOCC2)noc1C. The highest BCUT2D eigenvalue weighted by atomic mass is 16.5. The van der Waals surface area contributed by atoms with Gasteiger partial charge in [0.25, 0.3) is 5.91 Å². The molecular weight excluding hydrogens is 334 g/mol. The van der Waals surface area contributed by atoms with Crippen LogP contribution in [-0.2, 0) is 16.1 Å². The Morgan fingerprint density at radius 3 is 2.73 bits per heavy atom. The van der Waals surface area contributed by atoms with E-state index < -0.39 is 0 Å². The Hall–Kier alpha value is -1.44. The first kappa shape index (κ1) is 19.3. The number of amides is 1. The van der Waals surface area contributed by atoms with Crippen molar-refractivity contribution in [3.8, 4) is 0 Å².